The van der Waals surface area contributed by atoms with Gasteiger partial charge in [-0.05, 0) is 38.3 Å². The molecule has 2 heterocycles. The maximum absolute atomic E-state index is 12.5. The van der Waals surface area contributed by atoms with Crippen LogP contribution < -0.4 is 5.32 Å². The molecule has 1 aromatic carbocycles. The Kier molecular flexibility index (Phi) is 3.84. The first kappa shape index (κ1) is 15.9. The third kappa shape index (κ3) is 2.93. The number of hydrogen-bond donors (Lipinski definition) is 2. The number of nitrogens with zero attached hydrogens (tertiary/aromatic N) is 1. The van der Waals surface area contributed by atoms with E-state index in [4.69, 9.17) is 8.94 Å². The molecule has 1 amide bonds. The van der Waals surface area contributed by atoms with Crippen LogP contribution in [0.2, 0.25) is 0 Å². The van der Waals surface area contributed by atoms with Crippen molar-refractivity contribution in [2.45, 2.75) is 38.2 Å². The molecule has 25 heavy (non-hydrogen) atoms. The minimum atomic E-state index is -1.32. The van der Waals surface area contributed by atoms with E-state index in [0.29, 0.717) is 17.0 Å². The van der Waals surface area contributed by atoms with E-state index in [2.05, 4.69) is 10.5 Å². The maximum Gasteiger partial charge on any atom is 0.273 e. The van der Waals surface area contributed by atoms with Crippen molar-refractivity contribution in [3.8, 4) is 0 Å². The Hall–Kier alpha value is -2.60. The van der Waals surface area contributed by atoms with E-state index in [0.717, 1.165) is 42.4 Å². The number of aryl methyl sites for hydroxylation is 1. The van der Waals surface area contributed by atoms with Crippen molar-refractivity contribution in [2.24, 2.45) is 0 Å². The van der Waals surface area contributed by atoms with Gasteiger partial charge in [0.25, 0.3) is 5.91 Å². The van der Waals surface area contributed by atoms with E-state index >= 15 is 0 Å². The van der Waals surface area contributed by atoms with Crippen LogP contribution in [0, 0.1) is 0 Å². The first-order chi connectivity index (χ1) is 12.0. The minimum Gasteiger partial charge on any atom is -0.458 e. The molecule has 1 aliphatic rings. The average molecular weight is 340 g/mol. The number of hydrogen-bond acceptors (Lipinski definition) is 5. The second kappa shape index (κ2) is 6.04. The summed E-state index contributed by atoms with van der Waals surface area (Å²) >= 11 is 0. The Labute approximate surface area is 144 Å². The third-order valence-electron chi connectivity index (χ3n) is 4.71. The highest BCUT2D eigenvalue weighted by molar-refractivity contribution is 5.93. The number of amides is 1. The van der Waals surface area contributed by atoms with Gasteiger partial charge in [-0.3, -0.25) is 4.79 Å². The molecular formula is C19H20N2O4. The first-order valence-electron chi connectivity index (χ1n) is 8.52. The summed E-state index contributed by atoms with van der Waals surface area (Å²) in [4.78, 5) is 12.5. The zero-order chi connectivity index (χ0) is 17.4. The first-order valence-corrected chi connectivity index (χ1v) is 8.52. The molecule has 2 aromatic heterocycles. The van der Waals surface area contributed by atoms with Gasteiger partial charge >= 0.3 is 0 Å². The van der Waals surface area contributed by atoms with Gasteiger partial charge in [0.05, 0.1) is 6.54 Å². The SMILES string of the molecule is C[C@](O)(CNC(=O)c1noc2c1CCCC2)c1cc2ccccc2o1. The molecule has 0 radical (unpaired) electrons. The normalized spacial score (nSPS) is 16.4. The molecule has 6 heteroatoms. The van der Waals surface area contributed by atoms with Gasteiger partial charge in [-0.2, -0.15) is 0 Å². The largest absolute Gasteiger partial charge is 0.458 e. The number of fused-ring (bicyclic) bond motifs is 2. The summed E-state index contributed by atoms with van der Waals surface area (Å²) in [5, 5.41) is 18.3. The highest BCUT2D eigenvalue weighted by Gasteiger charge is 2.30. The predicted octanol–water partition coefficient (Wildman–Crippen LogP) is 2.94. The number of nitrogens with one attached hydrogen (secondary N) is 1. The quantitative estimate of drug-likeness (QED) is 0.762. The lowest BCUT2D eigenvalue weighted by Crippen LogP contribution is -2.38. The van der Waals surface area contributed by atoms with Crippen LogP contribution in [-0.2, 0) is 18.4 Å². The summed E-state index contributed by atoms with van der Waals surface area (Å²) in [7, 11) is 0. The van der Waals surface area contributed by atoms with Crippen molar-refractivity contribution in [3.05, 3.63) is 53.1 Å². The number of aromatic nitrogens is 1. The molecule has 0 saturated carbocycles. The fourth-order valence-corrected chi connectivity index (χ4v) is 3.23. The summed E-state index contributed by atoms with van der Waals surface area (Å²) in [6.45, 7) is 1.64. The molecule has 6 nitrogen and oxygen atoms in total. The van der Waals surface area contributed by atoms with E-state index in [1.54, 1.807) is 13.0 Å². The average Bonchev–Trinajstić information content (AvgIpc) is 3.24. The molecule has 1 aliphatic carbocycles. The Morgan fingerprint density at radius 2 is 2.12 bits per heavy atom. The standard InChI is InChI=1S/C19H20N2O4/c1-19(23,16-10-12-6-2-4-8-14(12)24-16)11-20-18(22)17-13-7-3-5-9-15(13)25-21-17/h2,4,6,8,10,23H,3,5,7,9,11H2,1H3,(H,20,22)/t19-/m0/s1. The maximum atomic E-state index is 12.5. The zero-order valence-electron chi connectivity index (χ0n) is 14.0. The molecule has 0 saturated heterocycles. The molecule has 0 unspecified atom stereocenters. The van der Waals surface area contributed by atoms with Crippen LogP contribution >= 0.6 is 0 Å². The van der Waals surface area contributed by atoms with Gasteiger partial charge < -0.3 is 19.4 Å². The topological polar surface area (TPSA) is 88.5 Å². The number of para-hydroxylation sites is 1. The van der Waals surface area contributed by atoms with Crippen molar-refractivity contribution < 1.29 is 18.8 Å². The molecule has 4 rings (SSSR count). The van der Waals surface area contributed by atoms with E-state index < -0.39 is 5.60 Å². The monoisotopic (exact) mass is 340 g/mol. The summed E-state index contributed by atoms with van der Waals surface area (Å²) in [5.41, 5.74) is 0.607. The van der Waals surface area contributed by atoms with Crippen molar-refractivity contribution in [2.75, 3.05) is 6.54 Å². The molecule has 0 fully saturated rings. The van der Waals surface area contributed by atoms with Crippen LogP contribution in [0.4, 0.5) is 0 Å². The fourth-order valence-electron chi connectivity index (χ4n) is 3.23. The molecular weight excluding hydrogens is 320 g/mol. The van der Waals surface area contributed by atoms with E-state index in [1.807, 2.05) is 24.3 Å². The van der Waals surface area contributed by atoms with Gasteiger partial charge in [0, 0.05) is 17.4 Å². The summed E-state index contributed by atoms with van der Waals surface area (Å²) < 4.78 is 11.0. The van der Waals surface area contributed by atoms with Gasteiger partial charge in [0.2, 0.25) is 0 Å². The minimum absolute atomic E-state index is 0.0211. The Morgan fingerprint density at radius 3 is 2.96 bits per heavy atom. The molecule has 3 aromatic rings. The van der Waals surface area contributed by atoms with E-state index in [-0.39, 0.29) is 12.5 Å². The summed E-state index contributed by atoms with van der Waals surface area (Å²) in [5.74, 6) is 0.889. The van der Waals surface area contributed by atoms with E-state index in [9.17, 15) is 9.90 Å². The van der Waals surface area contributed by atoms with Crippen LogP contribution in [0.1, 0.15) is 47.3 Å². The van der Waals surface area contributed by atoms with Gasteiger partial charge in [-0.15, -0.1) is 0 Å². The molecule has 1 atom stereocenters. The number of benzene rings is 1. The molecule has 0 spiro atoms. The Bertz CT molecular complexity index is 890. The predicted molar refractivity (Wildman–Crippen MR) is 91.3 cm³/mol. The van der Waals surface area contributed by atoms with Crippen molar-refractivity contribution in [1.29, 1.82) is 0 Å². The van der Waals surface area contributed by atoms with Gasteiger partial charge in [0.1, 0.15) is 22.7 Å². The highest BCUT2D eigenvalue weighted by Crippen LogP contribution is 2.28. The number of aliphatic hydroxyl groups is 1. The van der Waals surface area contributed by atoms with Crippen molar-refractivity contribution >= 4 is 16.9 Å². The number of carbonyl (C=O) groups is 1. The lowest BCUT2D eigenvalue weighted by Gasteiger charge is -2.21. The second-order valence-corrected chi connectivity index (χ2v) is 6.75. The number of carbonyl (C=O) groups excluding carboxylic acids is 1. The molecule has 2 N–H and O–H groups in total. The van der Waals surface area contributed by atoms with Crippen LogP contribution in [0.5, 0.6) is 0 Å². The lowest BCUT2D eigenvalue weighted by atomic mass is 9.96. The van der Waals surface area contributed by atoms with Gasteiger partial charge in [0.15, 0.2) is 5.69 Å². The fraction of sp³-hybridized carbons (Fsp3) is 0.368. The second-order valence-electron chi connectivity index (χ2n) is 6.75. The van der Waals surface area contributed by atoms with Crippen LogP contribution in [0.15, 0.2) is 39.3 Å². The molecule has 130 valence electrons. The van der Waals surface area contributed by atoms with Crippen LogP contribution in [0.25, 0.3) is 11.0 Å². The zero-order valence-corrected chi connectivity index (χ0v) is 14.0. The lowest BCUT2D eigenvalue weighted by molar-refractivity contribution is 0.0343. The Balaban J connectivity index is 1.49. The third-order valence-corrected chi connectivity index (χ3v) is 4.71. The number of rotatable bonds is 4. The van der Waals surface area contributed by atoms with E-state index in [1.165, 1.54) is 0 Å². The summed E-state index contributed by atoms with van der Waals surface area (Å²) in [6, 6.07) is 9.33. The van der Waals surface area contributed by atoms with Gasteiger partial charge in [-0.1, -0.05) is 23.4 Å². The number of furan rings is 1. The highest BCUT2D eigenvalue weighted by atomic mass is 16.5. The van der Waals surface area contributed by atoms with Gasteiger partial charge in [-0.25, -0.2) is 0 Å². The summed E-state index contributed by atoms with van der Waals surface area (Å²) in [6.07, 6.45) is 3.73. The van der Waals surface area contributed by atoms with Crippen LogP contribution in [0.3, 0.4) is 0 Å². The smallest absolute Gasteiger partial charge is 0.273 e. The molecule has 0 aliphatic heterocycles. The van der Waals surface area contributed by atoms with Crippen LogP contribution in [-0.4, -0.2) is 22.7 Å². The Morgan fingerprint density at radius 1 is 1.32 bits per heavy atom. The van der Waals surface area contributed by atoms with Crippen molar-refractivity contribution in [3.63, 3.8) is 0 Å². The van der Waals surface area contributed by atoms with Crippen molar-refractivity contribution in [1.82, 2.24) is 10.5 Å². The molecule has 0 bridgehead atoms.